The number of aromatic hydroxyl groups is 1. The molecule has 0 saturated carbocycles. The van der Waals surface area contributed by atoms with Gasteiger partial charge in [0.2, 0.25) is 0 Å². The number of aromatic nitrogens is 2. The quantitative estimate of drug-likeness (QED) is 0.205. The lowest BCUT2D eigenvalue weighted by atomic mass is 9.88. The van der Waals surface area contributed by atoms with Crippen LogP contribution in [-0.2, 0) is 25.1 Å². The van der Waals surface area contributed by atoms with Crippen LogP contribution in [0.3, 0.4) is 0 Å². The minimum Gasteiger partial charge on any atom is -0.504 e. The van der Waals surface area contributed by atoms with Crippen LogP contribution in [0.25, 0.3) is 0 Å². The highest BCUT2D eigenvalue weighted by molar-refractivity contribution is 7.98. The van der Waals surface area contributed by atoms with E-state index in [-0.39, 0.29) is 24.3 Å². The van der Waals surface area contributed by atoms with E-state index < -0.39 is 6.10 Å². The number of phenolic OH excluding ortho intramolecular Hbond substituents is 1. The van der Waals surface area contributed by atoms with E-state index in [0.29, 0.717) is 23.6 Å². The van der Waals surface area contributed by atoms with Crippen LogP contribution in [0.1, 0.15) is 58.5 Å². The number of aryl methyl sites for hydroxylation is 1. The third-order valence-electron chi connectivity index (χ3n) is 7.12. The Bertz CT molecular complexity index is 1410. The van der Waals surface area contributed by atoms with Gasteiger partial charge < -0.3 is 24.8 Å². The highest BCUT2D eigenvalue weighted by Crippen LogP contribution is 2.43. The molecule has 0 bridgehead atoms. The molecule has 1 heterocycles. The zero-order chi connectivity index (χ0) is 27.9. The van der Waals surface area contributed by atoms with Gasteiger partial charge in [-0.2, -0.15) is 0 Å². The van der Waals surface area contributed by atoms with Crippen molar-refractivity contribution >= 4 is 17.7 Å². The van der Waals surface area contributed by atoms with Crippen molar-refractivity contribution in [3.63, 3.8) is 0 Å². The molecule has 3 N–H and O–H groups in total. The van der Waals surface area contributed by atoms with Crippen LogP contribution < -0.4 is 10.1 Å². The smallest absolute Gasteiger partial charge is 0.251 e. The fourth-order valence-corrected chi connectivity index (χ4v) is 5.99. The Morgan fingerprint density at radius 1 is 1.12 bits per heavy atom. The number of benzene rings is 3. The van der Waals surface area contributed by atoms with Crippen LogP contribution in [0, 0.1) is 0 Å². The van der Waals surface area contributed by atoms with Crippen molar-refractivity contribution in [2.45, 2.75) is 62.0 Å². The third kappa shape index (κ3) is 6.87. The van der Waals surface area contributed by atoms with Crippen LogP contribution in [0.4, 0.5) is 0 Å². The molecule has 0 saturated heterocycles. The summed E-state index contributed by atoms with van der Waals surface area (Å²) >= 11 is 1.66. The number of hydrogen-bond donors (Lipinski definition) is 3. The predicted octanol–water partition coefficient (Wildman–Crippen LogP) is 5.69. The van der Waals surface area contributed by atoms with Gasteiger partial charge in [0, 0.05) is 40.7 Å². The summed E-state index contributed by atoms with van der Waals surface area (Å²) in [5, 5.41) is 23.4. The number of imidazole rings is 1. The molecule has 0 spiro atoms. The Labute approximate surface area is 239 Å². The summed E-state index contributed by atoms with van der Waals surface area (Å²) in [5.74, 6) is 1.14. The van der Waals surface area contributed by atoms with Crippen LogP contribution in [0.2, 0.25) is 0 Å². The van der Waals surface area contributed by atoms with Crippen molar-refractivity contribution in [2.24, 2.45) is 0 Å². The van der Waals surface area contributed by atoms with E-state index in [2.05, 4.69) is 10.3 Å². The molecule has 0 radical (unpaired) electrons. The average Bonchev–Trinajstić information content (AvgIpc) is 3.49. The number of hydrogen-bond acceptors (Lipinski definition) is 6. The zero-order valence-electron chi connectivity index (χ0n) is 22.6. The molecular formula is C32H35N3O4S. The second-order valence-corrected chi connectivity index (χ2v) is 11.2. The first kappa shape index (κ1) is 27.8. The Morgan fingerprint density at radius 3 is 2.62 bits per heavy atom. The van der Waals surface area contributed by atoms with Crippen LogP contribution in [0.5, 0.6) is 11.5 Å². The number of nitrogens with one attached hydrogen (secondary N) is 1. The van der Waals surface area contributed by atoms with Gasteiger partial charge in [0.05, 0.1) is 19.0 Å². The highest BCUT2D eigenvalue weighted by Gasteiger charge is 2.25. The molecule has 1 aliphatic carbocycles. The topological polar surface area (TPSA) is 96.6 Å². The minimum absolute atomic E-state index is 0.174. The fraction of sp³-hybridized carbons (Fsp3) is 0.312. The lowest BCUT2D eigenvalue weighted by molar-refractivity contribution is 0.0924. The number of carbonyl (C=O) groups is 1. The summed E-state index contributed by atoms with van der Waals surface area (Å²) in [6.45, 7) is 2.41. The molecule has 40 heavy (non-hydrogen) atoms. The second-order valence-electron chi connectivity index (χ2n) is 10.2. The molecule has 2 atom stereocenters. The van der Waals surface area contributed by atoms with E-state index >= 15 is 0 Å². The number of ether oxygens (including phenoxy) is 1. The van der Waals surface area contributed by atoms with E-state index in [1.807, 2.05) is 59.3 Å². The Morgan fingerprint density at radius 2 is 1.90 bits per heavy atom. The molecular weight excluding hydrogens is 522 g/mol. The van der Waals surface area contributed by atoms with Gasteiger partial charge in [-0.15, -0.1) is 11.8 Å². The molecule has 208 valence electrons. The van der Waals surface area contributed by atoms with Crippen molar-refractivity contribution in [1.29, 1.82) is 0 Å². The van der Waals surface area contributed by atoms with Gasteiger partial charge >= 0.3 is 0 Å². The molecule has 8 heteroatoms. The van der Waals surface area contributed by atoms with Crippen molar-refractivity contribution < 1.29 is 19.7 Å². The molecule has 1 aliphatic rings. The molecule has 1 amide bonds. The van der Waals surface area contributed by atoms with Crippen LogP contribution in [0.15, 0.2) is 84.3 Å². The summed E-state index contributed by atoms with van der Waals surface area (Å²) in [4.78, 5) is 17.5. The number of phenols is 1. The molecule has 0 fully saturated rings. The first-order valence-electron chi connectivity index (χ1n) is 13.7. The number of rotatable bonds is 11. The molecule has 1 aromatic heterocycles. The maximum atomic E-state index is 12.3. The molecule has 0 unspecified atom stereocenters. The number of amides is 1. The predicted molar refractivity (Wildman–Crippen MR) is 157 cm³/mol. The fourth-order valence-electron chi connectivity index (χ4n) is 5.05. The number of aliphatic hydroxyl groups is 1. The van der Waals surface area contributed by atoms with Gasteiger partial charge in [0.15, 0.2) is 11.5 Å². The molecule has 4 aromatic rings. The van der Waals surface area contributed by atoms with Gasteiger partial charge in [0.1, 0.15) is 6.10 Å². The van der Waals surface area contributed by atoms with E-state index in [4.69, 9.17) is 4.74 Å². The van der Waals surface area contributed by atoms with Crippen molar-refractivity contribution in [3.05, 3.63) is 107 Å². The van der Waals surface area contributed by atoms with Crippen molar-refractivity contribution in [3.8, 4) is 11.5 Å². The average molecular weight is 558 g/mol. The van der Waals surface area contributed by atoms with Gasteiger partial charge in [-0.3, -0.25) is 4.79 Å². The minimum atomic E-state index is -0.593. The molecule has 0 aliphatic heterocycles. The summed E-state index contributed by atoms with van der Waals surface area (Å²) in [5.41, 5.74) is 5.08. The Hall–Kier alpha value is -3.75. The van der Waals surface area contributed by atoms with Gasteiger partial charge in [-0.1, -0.05) is 30.3 Å². The first-order chi connectivity index (χ1) is 19.5. The number of thioether (sulfide) groups is 1. The number of nitrogens with zero attached hydrogens (tertiary/aromatic N) is 2. The lowest BCUT2D eigenvalue weighted by Crippen LogP contribution is -2.30. The SMILES string of the molecule is C[C@@H](O)CNC(=O)c1ccc(SCc2c3c(cc(O)c2O[C@H](Cn2ccnc2)c2ccccc2)CCCC3)cc1. The third-order valence-corrected chi connectivity index (χ3v) is 8.16. The number of aliphatic hydroxyl groups excluding tert-OH is 1. The van der Waals surface area contributed by atoms with E-state index in [9.17, 15) is 15.0 Å². The van der Waals surface area contributed by atoms with Crippen LogP contribution in [-0.4, -0.2) is 38.3 Å². The van der Waals surface area contributed by atoms with Crippen LogP contribution >= 0.6 is 11.8 Å². The van der Waals surface area contributed by atoms with E-state index in [0.717, 1.165) is 41.7 Å². The van der Waals surface area contributed by atoms with E-state index in [1.54, 1.807) is 43.3 Å². The molecule has 5 rings (SSSR count). The summed E-state index contributed by atoms with van der Waals surface area (Å²) < 4.78 is 8.69. The van der Waals surface area contributed by atoms with Crippen molar-refractivity contribution in [1.82, 2.24) is 14.9 Å². The second kappa shape index (κ2) is 13.1. The largest absolute Gasteiger partial charge is 0.504 e. The standard InChI is InChI=1S/C32H35N3O4S/c1-22(36)18-34-32(38)24-11-13-26(14-12-24)40-20-28-27-10-6-5-9-25(27)17-29(37)31(28)39-30(19-35-16-15-33-21-35)23-7-3-2-4-8-23/h2-4,7-8,11-17,21-22,30,36-37H,5-6,9-10,18-20H2,1H3,(H,34,38)/t22-,30-/m1/s1. The van der Waals surface area contributed by atoms with Crippen molar-refractivity contribution in [2.75, 3.05) is 6.54 Å². The van der Waals surface area contributed by atoms with Gasteiger partial charge in [0.25, 0.3) is 5.91 Å². The van der Waals surface area contributed by atoms with Gasteiger partial charge in [-0.05, 0) is 79.6 Å². The normalized spacial score (nSPS) is 14.2. The first-order valence-corrected chi connectivity index (χ1v) is 14.7. The molecule has 7 nitrogen and oxygen atoms in total. The Balaban J connectivity index is 1.41. The summed E-state index contributed by atoms with van der Waals surface area (Å²) in [7, 11) is 0. The monoisotopic (exact) mass is 557 g/mol. The van der Waals surface area contributed by atoms with E-state index in [1.165, 1.54) is 11.1 Å². The summed E-state index contributed by atoms with van der Waals surface area (Å²) in [6, 6.07) is 19.4. The number of carbonyl (C=O) groups excluding carboxylic acids is 1. The zero-order valence-corrected chi connectivity index (χ0v) is 23.4. The Kier molecular flexibility index (Phi) is 9.08. The lowest BCUT2D eigenvalue weighted by Gasteiger charge is -2.27. The van der Waals surface area contributed by atoms with Gasteiger partial charge in [-0.25, -0.2) is 4.98 Å². The maximum Gasteiger partial charge on any atom is 0.251 e. The number of fused-ring (bicyclic) bond motifs is 1. The summed E-state index contributed by atoms with van der Waals surface area (Å²) in [6.07, 6.45) is 8.68. The maximum absolute atomic E-state index is 12.3. The highest BCUT2D eigenvalue weighted by atomic mass is 32.2. The molecule has 3 aromatic carbocycles.